The lowest BCUT2D eigenvalue weighted by molar-refractivity contribution is 0.0624. The first-order valence-corrected chi connectivity index (χ1v) is 16.7. The molecule has 5 rings (SSSR count). The average molecular weight is 634 g/mol. The fourth-order valence-corrected chi connectivity index (χ4v) is 6.78. The van der Waals surface area contributed by atoms with Crippen molar-refractivity contribution in [2.45, 2.75) is 31.2 Å². The summed E-state index contributed by atoms with van der Waals surface area (Å²) in [5.74, 6) is 0.316. The van der Waals surface area contributed by atoms with E-state index in [0.29, 0.717) is 82.1 Å². The largest absolute Gasteiger partial charge is 0.497 e. The summed E-state index contributed by atoms with van der Waals surface area (Å²) in [7, 11) is -1.90. The Kier molecular flexibility index (Phi) is 10.3. The summed E-state index contributed by atoms with van der Waals surface area (Å²) in [4.78, 5) is 49.5. The standard InChI is InChI=1S/C33H39N5O6S/c1-3-35-45(42,43)29-11-4-24(5-12-29)23-36-18-20-38(21-19-36)32(40)27-8-13-30(34-22-27)33(41)37-16-14-26(15-17-37)31(39)25-6-9-28(44-2)10-7-25/h4-13,22,26,35H,3,14-21,23H2,1-2H3. The maximum Gasteiger partial charge on any atom is 0.272 e. The number of benzene rings is 2. The highest BCUT2D eigenvalue weighted by Crippen LogP contribution is 2.24. The minimum atomic E-state index is -3.48. The van der Waals surface area contributed by atoms with E-state index in [1.54, 1.807) is 72.4 Å². The van der Waals surface area contributed by atoms with Crippen molar-refractivity contribution < 1.29 is 27.5 Å². The molecule has 2 fully saturated rings. The lowest BCUT2D eigenvalue weighted by atomic mass is 9.88. The Morgan fingerprint density at radius 2 is 1.44 bits per heavy atom. The Balaban J connectivity index is 1.08. The summed E-state index contributed by atoms with van der Waals surface area (Å²) in [5.41, 5.74) is 2.36. The topological polar surface area (TPSA) is 129 Å². The third kappa shape index (κ3) is 7.75. The van der Waals surface area contributed by atoms with Crippen molar-refractivity contribution in [2.75, 3.05) is 52.9 Å². The van der Waals surface area contributed by atoms with Gasteiger partial charge in [0.15, 0.2) is 5.78 Å². The molecule has 2 aliphatic heterocycles. The second-order valence-corrected chi connectivity index (χ2v) is 13.1. The van der Waals surface area contributed by atoms with E-state index in [1.165, 1.54) is 6.20 Å². The Morgan fingerprint density at radius 1 is 0.822 bits per heavy atom. The van der Waals surface area contributed by atoms with Gasteiger partial charge in [-0.15, -0.1) is 0 Å². The number of piperazine rings is 1. The molecular formula is C33H39N5O6S. The van der Waals surface area contributed by atoms with Crippen LogP contribution in [0.2, 0.25) is 0 Å². The third-order valence-electron chi connectivity index (χ3n) is 8.39. The van der Waals surface area contributed by atoms with Crippen molar-refractivity contribution in [2.24, 2.45) is 5.92 Å². The molecule has 12 heteroatoms. The Labute approximate surface area is 264 Å². The van der Waals surface area contributed by atoms with E-state index < -0.39 is 10.0 Å². The number of likely N-dealkylation sites (tertiary alicyclic amines) is 1. The van der Waals surface area contributed by atoms with Crippen molar-refractivity contribution in [3.05, 3.63) is 89.2 Å². The van der Waals surface area contributed by atoms with Gasteiger partial charge < -0.3 is 14.5 Å². The van der Waals surface area contributed by atoms with E-state index in [-0.39, 0.29) is 34.1 Å². The second kappa shape index (κ2) is 14.3. The summed E-state index contributed by atoms with van der Waals surface area (Å²) in [5, 5.41) is 0. The first-order valence-electron chi connectivity index (χ1n) is 15.2. The number of carbonyl (C=O) groups excluding carboxylic acids is 3. The van der Waals surface area contributed by atoms with Crippen LogP contribution in [0.4, 0.5) is 0 Å². The third-order valence-corrected chi connectivity index (χ3v) is 9.95. The zero-order valence-corrected chi connectivity index (χ0v) is 26.5. The number of nitrogens with zero attached hydrogens (tertiary/aromatic N) is 4. The zero-order chi connectivity index (χ0) is 32.0. The molecule has 0 saturated carbocycles. The fourth-order valence-electron chi connectivity index (χ4n) is 5.74. The molecule has 238 valence electrons. The molecule has 0 atom stereocenters. The number of sulfonamides is 1. The van der Waals surface area contributed by atoms with Crippen LogP contribution in [0, 0.1) is 5.92 Å². The SMILES string of the molecule is CCNS(=O)(=O)c1ccc(CN2CCN(C(=O)c3ccc(C(=O)N4CCC(C(=O)c5ccc(OC)cc5)CC4)nc3)CC2)cc1. The number of methoxy groups -OCH3 is 1. The smallest absolute Gasteiger partial charge is 0.272 e. The maximum absolute atomic E-state index is 13.2. The van der Waals surface area contributed by atoms with Crippen LogP contribution in [0.1, 0.15) is 56.5 Å². The quantitative estimate of drug-likeness (QED) is 0.338. The molecule has 2 amide bonds. The van der Waals surface area contributed by atoms with Gasteiger partial charge in [0, 0.05) is 70.0 Å². The molecule has 0 bridgehead atoms. The number of nitrogens with one attached hydrogen (secondary N) is 1. The van der Waals surface area contributed by atoms with Crippen molar-refractivity contribution in [3.63, 3.8) is 0 Å². The molecule has 11 nitrogen and oxygen atoms in total. The Hall–Kier alpha value is -4.13. The van der Waals surface area contributed by atoms with Gasteiger partial charge in [-0.3, -0.25) is 24.3 Å². The molecule has 2 aliphatic rings. The molecule has 0 unspecified atom stereocenters. The van der Waals surface area contributed by atoms with Crippen LogP contribution >= 0.6 is 0 Å². The normalized spacial score (nSPS) is 16.4. The number of Topliss-reactive ketones (excluding diaryl/α,β-unsaturated/α-hetero) is 1. The molecule has 3 aromatic rings. The van der Waals surface area contributed by atoms with Crippen LogP contribution in [-0.2, 0) is 16.6 Å². The Bertz CT molecular complexity index is 1590. The summed E-state index contributed by atoms with van der Waals surface area (Å²) < 4.78 is 32.0. The van der Waals surface area contributed by atoms with Gasteiger partial charge in [0.05, 0.1) is 17.6 Å². The van der Waals surface area contributed by atoms with Crippen LogP contribution in [0.15, 0.2) is 71.8 Å². The number of pyridine rings is 1. The minimum Gasteiger partial charge on any atom is -0.497 e. The zero-order valence-electron chi connectivity index (χ0n) is 25.6. The van der Waals surface area contributed by atoms with Crippen LogP contribution in [0.3, 0.4) is 0 Å². The van der Waals surface area contributed by atoms with E-state index in [1.807, 2.05) is 12.1 Å². The molecule has 2 aromatic carbocycles. The number of hydrogen-bond acceptors (Lipinski definition) is 8. The monoisotopic (exact) mass is 633 g/mol. The molecule has 1 aromatic heterocycles. The minimum absolute atomic E-state index is 0.0819. The number of rotatable bonds is 10. The first-order chi connectivity index (χ1) is 21.7. The van der Waals surface area contributed by atoms with Gasteiger partial charge in [0.2, 0.25) is 10.0 Å². The first kappa shape index (κ1) is 32.3. The molecule has 3 heterocycles. The summed E-state index contributed by atoms with van der Waals surface area (Å²) in [6.45, 7) is 6.15. The molecule has 2 saturated heterocycles. The molecule has 0 spiro atoms. The van der Waals surface area contributed by atoms with Gasteiger partial charge in [-0.1, -0.05) is 19.1 Å². The predicted molar refractivity (Wildman–Crippen MR) is 169 cm³/mol. The van der Waals surface area contributed by atoms with E-state index in [4.69, 9.17) is 4.74 Å². The van der Waals surface area contributed by atoms with Gasteiger partial charge in [0.25, 0.3) is 11.8 Å². The predicted octanol–water partition coefficient (Wildman–Crippen LogP) is 3.08. The van der Waals surface area contributed by atoms with Crippen molar-refractivity contribution in [3.8, 4) is 5.75 Å². The fraction of sp³-hybridized carbons (Fsp3) is 0.394. The lowest BCUT2D eigenvalue weighted by Gasteiger charge is -2.34. The van der Waals surface area contributed by atoms with E-state index in [2.05, 4.69) is 14.6 Å². The van der Waals surface area contributed by atoms with E-state index >= 15 is 0 Å². The van der Waals surface area contributed by atoms with Gasteiger partial charge in [-0.2, -0.15) is 0 Å². The number of aromatic nitrogens is 1. The van der Waals surface area contributed by atoms with Gasteiger partial charge in [0.1, 0.15) is 11.4 Å². The van der Waals surface area contributed by atoms with Crippen LogP contribution < -0.4 is 9.46 Å². The average Bonchev–Trinajstić information content (AvgIpc) is 3.08. The molecule has 1 N–H and O–H groups in total. The van der Waals surface area contributed by atoms with Crippen molar-refractivity contribution in [1.29, 1.82) is 0 Å². The summed E-state index contributed by atoms with van der Waals surface area (Å²) in [6.07, 6.45) is 2.64. The number of piperidine rings is 1. The second-order valence-electron chi connectivity index (χ2n) is 11.3. The highest BCUT2D eigenvalue weighted by atomic mass is 32.2. The molecular weight excluding hydrogens is 594 g/mol. The number of ketones is 1. The number of amides is 2. The van der Waals surface area contributed by atoms with E-state index in [0.717, 1.165) is 5.56 Å². The number of ether oxygens (including phenoxy) is 1. The highest BCUT2D eigenvalue weighted by Gasteiger charge is 2.29. The number of hydrogen-bond donors (Lipinski definition) is 1. The van der Waals surface area contributed by atoms with Gasteiger partial charge in [-0.05, 0) is 66.9 Å². The summed E-state index contributed by atoms with van der Waals surface area (Å²) in [6, 6.07) is 17.2. The lowest BCUT2D eigenvalue weighted by Crippen LogP contribution is -2.48. The highest BCUT2D eigenvalue weighted by molar-refractivity contribution is 7.89. The van der Waals surface area contributed by atoms with E-state index in [9.17, 15) is 22.8 Å². The van der Waals surface area contributed by atoms with Crippen LogP contribution in [0.5, 0.6) is 5.75 Å². The Morgan fingerprint density at radius 3 is 2.02 bits per heavy atom. The van der Waals surface area contributed by atoms with Crippen LogP contribution in [-0.4, -0.2) is 98.6 Å². The van der Waals surface area contributed by atoms with Crippen molar-refractivity contribution >= 4 is 27.6 Å². The van der Waals surface area contributed by atoms with Crippen LogP contribution in [0.25, 0.3) is 0 Å². The molecule has 45 heavy (non-hydrogen) atoms. The maximum atomic E-state index is 13.2. The summed E-state index contributed by atoms with van der Waals surface area (Å²) >= 11 is 0. The number of carbonyl (C=O) groups is 3. The van der Waals surface area contributed by atoms with Crippen molar-refractivity contribution in [1.82, 2.24) is 24.4 Å². The molecule has 0 aliphatic carbocycles. The molecule has 0 radical (unpaired) electrons. The van der Waals surface area contributed by atoms with Gasteiger partial charge in [-0.25, -0.2) is 13.1 Å². The van der Waals surface area contributed by atoms with Gasteiger partial charge >= 0.3 is 0 Å².